The molecule has 4 rings (SSSR count). The lowest BCUT2D eigenvalue weighted by atomic mass is 9.78. The van der Waals surface area contributed by atoms with Gasteiger partial charge in [-0.2, -0.15) is 0 Å². The van der Waals surface area contributed by atoms with Crippen LogP contribution in [0.5, 0.6) is 5.75 Å². The maximum Gasteiger partial charge on any atom is 0.160 e. The van der Waals surface area contributed by atoms with E-state index in [9.17, 15) is 0 Å². The number of nitrogens with zero attached hydrogens (tertiary/aromatic N) is 2. The Balaban J connectivity index is 1.73. The Morgan fingerprint density at radius 1 is 1.08 bits per heavy atom. The molecule has 4 heteroatoms. The molecule has 0 bridgehead atoms. The monoisotopic (exact) mass is 347 g/mol. The van der Waals surface area contributed by atoms with Crippen LogP contribution < -0.4 is 10.5 Å². The van der Waals surface area contributed by atoms with Gasteiger partial charge in [-0.3, -0.25) is 0 Å². The fraction of sp³-hybridized carbons (Fsp3) is 0.364. The molecule has 0 spiro atoms. The maximum absolute atomic E-state index is 5.90. The third kappa shape index (κ3) is 3.17. The molecule has 134 valence electrons. The van der Waals surface area contributed by atoms with Gasteiger partial charge in [-0.15, -0.1) is 0 Å². The van der Waals surface area contributed by atoms with E-state index in [-0.39, 0.29) is 0 Å². The first kappa shape index (κ1) is 17.0. The van der Waals surface area contributed by atoms with E-state index < -0.39 is 0 Å². The van der Waals surface area contributed by atoms with Gasteiger partial charge >= 0.3 is 0 Å². The maximum atomic E-state index is 5.90. The predicted molar refractivity (Wildman–Crippen MR) is 105 cm³/mol. The Morgan fingerprint density at radius 3 is 2.58 bits per heavy atom. The second-order valence-electron chi connectivity index (χ2n) is 7.51. The highest BCUT2D eigenvalue weighted by atomic mass is 16.5. The number of methoxy groups -OCH3 is 1. The van der Waals surface area contributed by atoms with Gasteiger partial charge in [0, 0.05) is 22.7 Å². The van der Waals surface area contributed by atoms with Gasteiger partial charge in [-0.25, -0.2) is 9.97 Å². The number of hydrogen-bond donors (Lipinski definition) is 1. The Labute approximate surface area is 154 Å². The fourth-order valence-corrected chi connectivity index (χ4v) is 3.96. The van der Waals surface area contributed by atoms with E-state index >= 15 is 0 Å². The average Bonchev–Trinajstić information content (AvgIpc) is 2.59. The van der Waals surface area contributed by atoms with E-state index in [4.69, 9.17) is 20.4 Å². The molecule has 0 atom stereocenters. The molecule has 2 aromatic heterocycles. The van der Waals surface area contributed by atoms with E-state index in [0.29, 0.717) is 12.0 Å². The molecular formula is C22H25N3O. The minimum Gasteiger partial charge on any atom is -0.496 e. The van der Waals surface area contributed by atoms with Crippen LogP contribution in [0.25, 0.3) is 22.3 Å². The van der Waals surface area contributed by atoms with E-state index in [1.807, 2.05) is 0 Å². The van der Waals surface area contributed by atoms with Crippen molar-refractivity contribution in [3.63, 3.8) is 0 Å². The van der Waals surface area contributed by atoms with E-state index in [1.54, 1.807) is 7.11 Å². The van der Waals surface area contributed by atoms with Crippen LogP contribution in [0.4, 0.5) is 0 Å². The molecule has 4 nitrogen and oxygen atoms in total. The molecule has 0 amide bonds. The molecule has 0 unspecified atom stereocenters. The standard InChI is InChI=1S/C22H25N3O/c1-13-8-14(2)21(20(9-13)26-3)19-7-5-16-4-6-18(24-22(16)25-19)12-15-10-17(23)11-15/h4-9,15,17H,10-12,23H2,1-3H3. The van der Waals surface area contributed by atoms with Crippen molar-refractivity contribution in [1.82, 2.24) is 9.97 Å². The van der Waals surface area contributed by atoms with Crippen LogP contribution in [0.1, 0.15) is 29.7 Å². The smallest absolute Gasteiger partial charge is 0.160 e. The summed E-state index contributed by atoms with van der Waals surface area (Å²) in [5.41, 5.74) is 12.1. The van der Waals surface area contributed by atoms with Crippen LogP contribution in [0.15, 0.2) is 36.4 Å². The van der Waals surface area contributed by atoms with Gasteiger partial charge in [0.05, 0.1) is 12.8 Å². The molecule has 2 N–H and O–H groups in total. The van der Waals surface area contributed by atoms with Crippen LogP contribution in [0.2, 0.25) is 0 Å². The number of pyridine rings is 2. The van der Waals surface area contributed by atoms with E-state index in [2.05, 4.69) is 50.2 Å². The number of fused-ring (bicyclic) bond motifs is 1. The highest BCUT2D eigenvalue weighted by Gasteiger charge is 2.26. The molecule has 0 radical (unpaired) electrons. The molecule has 0 saturated heterocycles. The van der Waals surface area contributed by atoms with Crippen molar-refractivity contribution in [2.24, 2.45) is 11.7 Å². The van der Waals surface area contributed by atoms with E-state index in [1.165, 1.54) is 5.56 Å². The molecule has 1 aliphatic rings. The van der Waals surface area contributed by atoms with Crippen molar-refractivity contribution in [1.29, 1.82) is 0 Å². The summed E-state index contributed by atoms with van der Waals surface area (Å²) in [7, 11) is 1.71. The first-order valence-electron chi connectivity index (χ1n) is 9.21. The van der Waals surface area contributed by atoms with Crippen LogP contribution >= 0.6 is 0 Å². The minimum absolute atomic E-state index is 0.377. The first-order valence-corrected chi connectivity index (χ1v) is 9.21. The predicted octanol–water partition coefficient (Wildman–Crippen LogP) is 4.20. The zero-order chi connectivity index (χ0) is 18.3. The highest BCUT2D eigenvalue weighted by Crippen LogP contribution is 2.34. The molecule has 1 aromatic carbocycles. The molecule has 26 heavy (non-hydrogen) atoms. The van der Waals surface area contributed by atoms with Crippen molar-refractivity contribution in [2.45, 2.75) is 39.2 Å². The quantitative estimate of drug-likeness (QED) is 0.768. The summed E-state index contributed by atoms with van der Waals surface area (Å²) in [6, 6.07) is 13.0. The molecule has 1 saturated carbocycles. The molecule has 2 heterocycles. The number of nitrogens with two attached hydrogens (primary N) is 1. The summed E-state index contributed by atoms with van der Waals surface area (Å²) in [4.78, 5) is 9.67. The van der Waals surface area contributed by atoms with Crippen LogP contribution in [0.3, 0.4) is 0 Å². The average molecular weight is 347 g/mol. The second-order valence-corrected chi connectivity index (χ2v) is 7.51. The summed E-state index contributed by atoms with van der Waals surface area (Å²) < 4.78 is 5.61. The Bertz CT molecular complexity index is 961. The zero-order valence-electron chi connectivity index (χ0n) is 15.6. The Kier molecular flexibility index (Phi) is 4.37. The summed E-state index contributed by atoms with van der Waals surface area (Å²) >= 11 is 0. The Morgan fingerprint density at radius 2 is 1.85 bits per heavy atom. The summed E-state index contributed by atoms with van der Waals surface area (Å²) in [6.07, 6.45) is 3.20. The fourth-order valence-electron chi connectivity index (χ4n) is 3.96. The number of rotatable bonds is 4. The lowest BCUT2D eigenvalue weighted by molar-refractivity contribution is 0.263. The topological polar surface area (TPSA) is 61.0 Å². The van der Waals surface area contributed by atoms with E-state index in [0.717, 1.165) is 58.6 Å². The van der Waals surface area contributed by atoms with Gasteiger partial charge in [-0.05, 0) is 80.5 Å². The van der Waals surface area contributed by atoms with Crippen molar-refractivity contribution < 1.29 is 4.74 Å². The van der Waals surface area contributed by atoms with Crippen molar-refractivity contribution in [2.75, 3.05) is 7.11 Å². The minimum atomic E-state index is 0.377. The van der Waals surface area contributed by atoms with Gasteiger partial charge < -0.3 is 10.5 Å². The summed E-state index contributed by atoms with van der Waals surface area (Å²) in [5.74, 6) is 1.52. The highest BCUT2D eigenvalue weighted by molar-refractivity contribution is 5.81. The van der Waals surface area contributed by atoms with Gasteiger partial charge in [0.1, 0.15) is 5.75 Å². The third-order valence-corrected chi connectivity index (χ3v) is 5.30. The van der Waals surface area contributed by atoms with Crippen molar-refractivity contribution in [3.8, 4) is 17.0 Å². The zero-order valence-corrected chi connectivity index (χ0v) is 15.6. The normalized spacial score (nSPS) is 19.4. The van der Waals surface area contributed by atoms with Crippen molar-refractivity contribution in [3.05, 3.63) is 53.2 Å². The number of hydrogen-bond acceptors (Lipinski definition) is 4. The van der Waals surface area contributed by atoms with Crippen molar-refractivity contribution >= 4 is 11.0 Å². The summed E-state index contributed by atoms with van der Waals surface area (Å²) in [5, 5.41) is 1.06. The molecule has 0 aliphatic heterocycles. The van der Waals surface area contributed by atoms with Crippen LogP contribution in [-0.2, 0) is 6.42 Å². The molecule has 1 fully saturated rings. The molecule has 3 aromatic rings. The van der Waals surface area contributed by atoms with Gasteiger partial charge in [0.15, 0.2) is 5.65 Å². The second kappa shape index (κ2) is 6.69. The van der Waals surface area contributed by atoms with Gasteiger partial charge in [0.25, 0.3) is 0 Å². The van der Waals surface area contributed by atoms with Crippen LogP contribution in [-0.4, -0.2) is 23.1 Å². The lowest BCUT2D eigenvalue weighted by Crippen LogP contribution is -2.37. The van der Waals surface area contributed by atoms with Gasteiger partial charge in [-0.1, -0.05) is 6.07 Å². The third-order valence-electron chi connectivity index (χ3n) is 5.30. The van der Waals surface area contributed by atoms with Gasteiger partial charge in [0.2, 0.25) is 0 Å². The number of aromatic nitrogens is 2. The SMILES string of the molecule is COc1cc(C)cc(C)c1-c1ccc2ccc(CC3CC(N)C3)nc2n1. The summed E-state index contributed by atoms with van der Waals surface area (Å²) in [6.45, 7) is 4.17. The molecular weight excluding hydrogens is 322 g/mol. The lowest BCUT2D eigenvalue weighted by Gasteiger charge is -2.32. The van der Waals surface area contributed by atoms with Crippen LogP contribution in [0, 0.1) is 19.8 Å². The molecule has 1 aliphatic carbocycles. The number of aryl methyl sites for hydroxylation is 2. The number of benzene rings is 1. The Hall–Kier alpha value is -2.46. The largest absolute Gasteiger partial charge is 0.496 e. The first-order chi connectivity index (χ1) is 12.5. The number of ether oxygens (including phenoxy) is 1.